The molecule has 12 aromatic rings. The number of fused-ring (bicyclic) bond motifs is 12. The first-order chi connectivity index (χ1) is 26.8. The molecule has 0 amide bonds. The first-order valence-electron chi connectivity index (χ1n) is 18.5. The van der Waals surface area contributed by atoms with E-state index in [4.69, 9.17) is 8.83 Å². The molecule has 0 aliphatic rings. The van der Waals surface area contributed by atoms with E-state index < -0.39 is 0 Å². The van der Waals surface area contributed by atoms with E-state index in [1.807, 2.05) is 12.1 Å². The molecule has 10 aromatic carbocycles. The van der Waals surface area contributed by atoms with Crippen molar-refractivity contribution in [1.29, 1.82) is 0 Å². The van der Waals surface area contributed by atoms with Crippen molar-refractivity contribution in [3.63, 3.8) is 0 Å². The van der Waals surface area contributed by atoms with Crippen molar-refractivity contribution in [3.8, 4) is 33.4 Å². The quantitative estimate of drug-likeness (QED) is 0.173. The predicted octanol–water partition coefficient (Wildman–Crippen LogP) is 15.1. The zero-order chi connectivity index (χ0) is 35.3. The zero-order valence-corrected chi connectivity index (χ0v) is 29.1. The monoisotopic (exact) mass is 686 g/mol. The van der Waals surface area contributed by atoms with Gasteiger partial charge in [-0.15, -0.1) is 0 Å². The van der Waals surface area contributed by atoms with Gasteiger partial charge < -0.3 is 8.83 Å². The number of hydrogen-bond donors (Lipinski definition) is 0. The van der Waals surface area contributed by atoms with Crippen LogP contribution in [0.1, 0.15) is 0 Å². The zero-order valence-electron chi connectivity index (χ0n) is 29.1. The maximum atomic E-state index is 6.66. The molecule has 0 saturated heterocycles. The Balaban J connectivity index is 1.14. The van der Waals surface area contributed by atoms with Gasteiger partial charge in [-0.3, -0.25) is 0 Å². The highest BCUT2D eigenvalue weighted by atomic mass is 16.3. The number of benzene rings is 10. The van der Waals surface area contributed by atoms with Crippen LogP contribution < -0.4 is 0 Å². The molecule has 2 heteroatoms. The lowest BCUT2D eigenvalue weighted by Crippen LogP contribution is -1.92. The van der Waals surface area contributed by atoms with Crippen molar-refractivity contribution in [2.45, 2.75) is 0 Å². The van der Waals surface area contributed by atoms with E-state index in [0.717, 1.165) is 65.8 Å². The molecule has 0 fully saturated rings. The van der Waals surface area contributed by atoms with Gasteiger partial charge in [-0.25, -0.2) is 0 Å². The summed E-state index contributed by atoms with van der Waals surface area (Å²) in [6, 6.07) is 65.7. The lowest BCUT2D eigenvalue weighted by Gasteiger charge is -2.19. The van der Waals surface area contributed by atoms with Crippen LogP contribution in [0.15, 0.2) is 191 Å². The van der Waals surface area contributed by atoms with Crippen molar-refractivity contribution < 1.29 is 8.83 Å². The summed E-state index contributed by atoms with van der Waals surface area (Å²) in [5.41, 5.74) is 10.7. The van der Waals surface area contributed by atoms with Crippen molar-refractivity contribution in [1.82, 2.24) is 0 Å². The van der Waals surface area contributed by atoms with Gasteiger partial charge >= 0.3 is 0 Å². The van der Waals surface area contributed by atoms with Crippen LogP contribution in [0.2, 0.25) is 0 Å². The Hall–Kier alpha value is -7.16. The van der Waals surface area contributed by atoms with Gasteiger partial charge in [0.1, 0.15) is 22.3 Å². The molecular weight excluding hydrogens is 657 g/mol. The molecule has 0 N–H and O–H groups in total. The van der Waals surface area contributed by atoms with Gasteiger partial charge in [0.2, 0.25) is 0 Å². The van der Waals surface area contributed by atoms with Crippen LogP contribution in [0.5, 0.6) is 0 Å². The minimum atomic E-state index is 0.830. The molecule has 250 valence electrons. The van der Waals surface area contributed by atoms with Gasteiger partial charge in [-0.05, 0) is 101 Å². The molecule has 2 heterocycles. The van der Waals surface area contributed by atoms with Crippen LogP contribution in [-0.2, 0) is 0 Å². The van der Waals surface area contributed by atoms with Crippen LogP contribution in [0.4, 0.5) is 0 Å². The van der Waals surface area contributed by atoms with Crippen LogP contribution in [0, 0.1) is 0 Å². The van der Waals surface area contributed by atoms with Crippen LogP contribution in [-0.4, -0.2) is 0 Å². The largest absolute Gasteiger partial charge is 0.455 e. The van der Waals surface area contributed by atoms with E-state index in [9.17, 15) is 0 Å². The summed E-state index contributed by atoms with van der Waals surface area (Å²) < 4.78 is 13.2. The van der Waals surface area contributed by atoms with Gasteiger partial charge in [-0.2, -0.15) is 0 Å². The summed E-state index contributed by atoms with van der Waals surface area (Å²) >= 11 is 0. The summed E-state index contributed by atoms with van der Waals surface area (Å²) in [4.78, 5) is 0. The molecular formula is C52H30O2. The normalized spacial score (nSPS) is 12.1. The highest BCUT2D eigenvalue weighted by Crippen LogP contribution is 2.47. The number of para-hydroxylation sites is 1. The Kier molecular flexibility index (Phi) is 6.09. The minimum absolute atomic E-state index is 0.830. The molecule has 0 radical (unpaired) electrons. The van der Waals surface area contributed by atoms with Crippen molar-refractivity contribution in [2.75, 3.05) is 0 Å². The standard InChI is InChI=1S/C52H30O2/c1-2-17-34-31(13-1)14-12-25-37(34)49-40-22-6-4-20-38(40)48(39-21-5-7-23-41(39)49)33-16-11-15-32(29-33)44-30-45-50-47(54-51(45)42-24-8-3-18-35(42)44)28-27-43-36-19-9-10-26-46(36)53-52(43)50/h1-30H. The Morgan fingerprint density at radius 2 is 0.833 bits per heavy atom. The molecule has 54 heavy (non-hydrogen) atoms. The predicted molar refractivity (Wildman–Crippen MR) is 227 cm³/mol. The van der Waals surface area contributed by atoms with Crippen molar-refractivity contribution >= 4 is 87.0 Å². The molecule has 2 aromatic heterocycles. The van der Waals surface area contributed by atoms with Crippen LogP contribution in [0.25, 0.3) is 120 Å². The summed E-state index contributed by atoms with van der Waals surface area (Å²) in [6.45, 7) is 0. The highest BCUT2D eigenvalue weighted by Gasteiger charge is 2.21. The summed E-state index contributed by atoms with van der Waals surface area (Å²) in [5.74, 6) is 0. The Morgan fingerprint density at radius 1 is 0.278 bits per heavy atom. The van der Waals surface area contributed by atoms with Crippen molar-refractivity contribution in [3.05, 3.63) is 182 Å². The number of rotatable bonds is 3. The van der Waals surface area contributed by atoms with Gasteiger partial charge in [-0.1, -0.05) is 152 Å². The molecule has 0 bridgehead atoms. The van der Waals surface area contributed by atoms with E-state index in [1.165, 1.54) is 54.6 Å². The van der Waals surface area contributed by atoms with Gasteiger partial charge in [0.25, 0.3) is 0 Å². The van der Waals surface area contributed by atoms with Crippen LogP contribution in [0.3, 0.4) is 0 Å². The molecule has 0 spiro atoms. The highest BCUT2D eigenvalue weighted by molar-refractivity contribution is 6.27. The number of furan rings is 2. The maximum absolute atomic E-state index is 6.66. The molecule has 0 aliphatic heterocycles. The lowest BCUT2D eigenvalue weighted by molar-refractivity contribution is 0.665. The Labute approximate surface area is 310 Å². The van der Waals surface area contributed by atoms with E-state index in [-0.39, 0.29) is 0 Å². The maximum Gasteiger partial charge on any atom is 0.147 e. The summed E-state index contributed by atoms with van der Waals surface area (Å²) in [6.07, 6.45) is 0. The summed E-state index contributed by atoms with van der Waals surface area (Å²) in [7, 11) is 0. The third-order valence-corrected chi connectivity index (χ3v) is 11.4. The summed E-state index contributed by atoms with van der Waals surface area (Å²) in [5, 5.41) is 14.0. The second kappa shape index (κ2) is 11.2. The lowest BCUT2D eigenvalue weighted by atomic mass is 9.84. The fraction of sp³-hybridized carbons (Fsp3) is 0. The van der Waals surface area contributed by atoms with Gasteiger partial charge in [0.05, 0.1) is 5.39 Å². The van der Waals surface area contributed by atoms with Crippen LogP contribution >= 0.6 is 0 Å². The fourth-order valence-corrected chi connectivity index (χ4v) is 9.12. The second-order valence-electron chi connectivity index (χ2n) is 14.3. The molecule has 2 nitrogen and oxygen atoms in total. The smallest absolute Gasteiger partial charge is 0.147 e. The average Bonchev–Trinajstić information content (AvgIpc) is 3.81. The molecule has 0 saturated carbocycles. The number of hydrogen-bond acceptors (Lipinski definition) is 2. The van der Waals surface area contributed by atoms with Gasteiger partial charge in [0.15, 0.2) is 0 Å². The third kappa shape index (κ3) is 4.11. The first-order valence-corrected chi connectivity index (χ1v) is 18.5. The van der Waals surface area contributed by atoms with E-state index in [2.05, 4.69) is 170 Å². The molecule has 0 atom stereocenters. The first kappa shape index (κ1) is 29.4. The molecule has 12 rings (SSSR count). The second-order valence-corrected chi connectivity index (χ2v) is 14.3. The SMILES string of the molecule is c1cc(-c2c3ccccc3c(-c3cccc4ccccc34)c3ccccc23)cc(-c2cc3c(oc4ccc5c6ccccc6oc5c43)c3ccccc23)c1. The Bertz CT molecular complexity index is 3440. The average molecular weight is 687 g/mol. The topological polar surface area (TPSA) is 26.3 Å². The van der Waals surface area contributed by atoms with E-state index in [1.54, 1.807) is 0 Å². The molecule has 0 aliphatic carbocycles. The third-order valence-electron chi connectivity index (χ3n) is 11.4. The van der Waals surface area contributed by atoms with E-state index >= 15 is 0 Å². The minimum Gasteiger partial charge on any atom is -0.455 e. The Morgan fingerprint density at radius 3 is 1.61 bits per heavy atom. The van der Waals surface area contributed by atoms with Gasteiger partial charge in [0, 0.05) is 21.5 Å². The van der Waals surface area contributed by atoms with E-state index in [0.29, 0.717) is 0 Å². The van der Waals surface area contributed by atoms with Crippen molar-refractivity contribution in [2.24, 2.45) is 0 Å². The molecule has 0 unspecified atom stereocenters. The fourth-order valence-electron chi connectivity index (χ4n) is 9.12.